The van der Waals surface area contributed by atoms with Crippen LogP contribution < -0.4 is 9.47 Å². The third-order valence-corrected chi connectivity index (χ3v) is 4.55. The first-order valence-electron chi connectivity index (χ1n) is 8.39. The predicted molar refractivity (Wildman–Crippen MR) is 112 cm³/mol. The maximum absolute atomic E-state index is 10.7. The fourth-order valence-corrected chi connectivity index (χ4v) is 2.92. The zero-order valence-electron chi connectivity index (χ0n) is 15.0. The Morgan fingerprint density at radius 3 is 2.39 bits per heavy atom. The van der Waals surface area contributed by atoms with Gasteiger partial charge in [0.15, 0.2) is 0 Å². The van der Waals surface area contributed by atoms with Gasteiger partial charge < -0.3 is 9.47 Å². The van der Waals surface area contributed by atoms with Gasteiger partial charge in [-0.15, -0.1) is 0 Å². The average molecular weight is 441 g/mol. The Hall–Kier alpha value is -3.19. The first-order chi connectivity index (χ1) is 13.5. The Bertz CT molecular complexity index is 986. The lowest BCUT2D eigenvalue weighted by Gasteiger charge is -2.09. The summed E-state index contributed by atoms with van der Waals surface area (Å²) in [6.07, 6.45) is 1.77. The number of non-ortho nitro benzene ring substituents is 1. The van der Waals surface area contributed by atoms with Gasteiger partial charge >= 0.3 is 0 Å². The number of nitro groups is 1. The van der Waals surface area contributed by atoms with E-state index in [2.05, 4.69) is 20.9 Å². The van der Waals surface area contributed by atoms with E-state index in [0.29, 0.717) is 12.4 Å². The molecular formula is C21H17BrN2O4. The molecule has 0 aromatic heterocycles. The maximum atomic E-state index is 10.7. The lowest BCUT2D eigenvalue weighted by Crippen LogP contribution is -1.97. The summed E-state index contributed by atoms with van der Waals surface area (Å²) in [7, 11) is 1.63. The molecular weight excluding hydrogens is 424 g/mol. The van der Waals surface area contributed by atoms with Crippen molar-refractivity contribution in [3.8, 4) is 11.5 Å². The third-order valence-electron chi connectivity index (χ3n) is 3.93. The molecule has 0 saturated carbocycles. The quantitative estimate of drug-likeness (QED) is 0.268. The normalized spacial score (nSPS) is 10.8. The molecule has 0 aliphatic heterocycles. The van der Waals surface area contributed by atoms with Crippen molar-refractivity contribution in [3.05, 3.63) is 92.4 Å². The number of halogens is 1. The number of nitro benzene ring substituents is 1. The van der Waals surface area contributed by atoms with E-state index in [1.54, 1.807) is 25.5 Å². The Balaban J connectivity index is 1.63. The summed E-state index contributed by atoms with van der Waals surface area (Å²) in [5.74, 6) is 1.47. The zero-order valence-corrected chi connectivity index (χ0v) is 16.6. The number of nitrogens with zero attached hydrogens (tertiary/aromatic N) is 2. The summed E-state index contributed by atoms with van der Waals surface area (Å²) >= 11 is 3.50. The predicted octanol–water partition coefficient (Wildman–Crippen LogP) is 5.70. The van der Waals surface area contributed by atoms with E-state index in [-0.39, 0.29) is 5.69 Å². The molecule has 0 amide bonds. The molecule has 0 radical (unpaired) electrons. The molecule has 28 heavy (non-hydrogen) atoms. The Morgan fingerprint density at radius 1 is 1.07 bits per heavy atom. The van der Waals surface area contributed by atoms with Crippen molar-refractivity contribution in [1.82, 2.24) is 0 Å². The van der Waals surface area contributed by atoms with E-state index >= 15 is 0 Å². The van der Waals surface area contributed by atoms with Crippen molar-refractivity contribution in [3.63, 3.8) is 0 Å². The number of hydrogen-bond donors (Lipinski definition) is 0. The highest BCUT2D eigenvalue weighted by atomic mass is 79.9. The minimum atomic E-state index is -0.423. The number of aliphatic imine (C=N–C) groups is 1. The largest absolute Gasteiger partial charge is 0.497 e. The standard InChI is InChI=1S/C21H17BrN2O4/c1-27-19-9-5-17(6-10-19)23-13-16-4-11-21(20(22)12-16)28-14-15-2-7-18(8-3-15)24(25)26/h2-13H,14H2,1H3. The smallest absolute Gasteiger partial charge is 0.269 e. The number of rotatable bonds is 7. The van der Waals surface area contributed by atoms with Gasteiger partial charge in [-0.2, -0.15) is 0 Å². The summed E-state index contributed by atoms with van der Waals surface area (Å²) in [6, 6.07) is 19.4. The van der Waals surface area contributed by atoms with Gasteiger partial charge in [0.2, 0.25) is 0 Å². The number of benzene rings is 3. The summed E-state index contributed by atoms with van der Waals surface area (Å²) in [5.41, 5.74) is 2.66. The van der Waals surface area contributed by atoms with Gasteiger partial charge in [-0.25, -0.2) is 0 Å². The van der Waals surface area contributed by atoms with Gasteiger partial charge in [-0.3, -0.25) is 15.1 Å². The third kappa shape index (κ3) is 5.17. The molecule has 0 aliphatic rings. The van der Waals surface area contributed by atoms with Crippen LogP contribution in [0, 0.1) is 10.1 Å². The summed E-state index contributed by atoms with van der Waals surface area (Å²) < 4.78 is 11.7. The SMILES string of the molecule is COc1ccc(N=Cc2ccc(OCc3ccc([N+](=O)[O-])cc3)c(Br)c2)cc1. The van der Waals surface area contributed by atoms with Crippen LogP contribution in [0.5, 0.6) is 11.5 Å². The fourth-order valence-electron chi connectivity index (χ4n) is 2.41. The second-order valence-electron chi connectivity index (χ2n) is 5.86. The van der Waals surface area contributed by atoms with Crippen LogP contribution >= 0.6 is 15.9 Å². The van der Waals surface area contributed by atoms with Gasteiger partial charge in [0, 0.05) is 18.3 Å². The van der Waals surface area contributed by atoms with Crippen LogP contribution in [0.2, 0.25) is 0 Å². The highest BCUT2D eigenvalue weighted by Gasteiger charge is 2.06. The Labute approximate surface area is 170 Å². The molecule has 3 aromatic carbocycles. The number of ether oxygens (including phenoxy) is 2. The van der Waals surface area contributed by atoms with E-state index in [0.717, 1.165) is 27.0 Å². The second kappa shape index (κ2) is 9.14. The monoisotopic (exact) mass is 440 g/mol. The number of hydrogen-bond acceptors (Lipinski definition) is 5. The molecule has 3 rings (SSSR count). The molecule has 0 saturated heterocycles. The highest BCUT2D eigenvalue weighted by molar-refractivity contribution is 9.10. The first kappa shape index (κ1) is 19.6. The molecule has 7 heteroatoms. The van der Waals surface area contributed by atoms with E-state index in [4.69, 9.17) is 9.47 Å². The van der Waals surface area contributed by atoms with Crippen molar-refractivity contribution in [1.29, 1.82) is 0 Å². The minimum Gasteiger partial charge on any atom is -0.497 e. The molecule has 0 unspecified atom stereocenters. The zero-order chi connectivity index (χ0) is 19.9. The molecule has 0 aliphatic carbocycles. The molecule has 0 heterocycles. The van der Waals surface area contributed by atoms with Crippen molar-refractivity contribution >= 4 is 33.5 Å². The Kier molecular flexibility index (Phi) is 6.39. The fraction of sp³-hybridized carbons (Fsp3) is 0.0952. The van der Waals surface area contributed by atoms with Crippen LogP contribution in [-0.4, -0.2) is 18.2 Å². The van der Waals surface area contributed by atoms with Crippen LogP contribution in [0.4, 0.5) is 11.4 Å². The van der Waals surface area contributed by atoms with Crippen LogP contribution in [0.3, 0.4) is 0 Å². The minimum absolute atomic E-state index is 0.0606. The highest BCUT2D eigenvalue weighted by Crippen LogP contribution is 2.27. The van der Waals surface area contributed by atoms with Crippen molar-refractivity contribution in [2.75, 3.05) is 7.11 Å². The van der Waals surface area contributed by atoms with E-state index < -0.39 is 4.92 Å². The van der Waals surface area contributed by atoms with Gasteiger partial charge in [-0.1, -0.05) is 0 Å². The molecule has 3 aromatic rings. The lowest BCUT2D eigenvalue weighted by molar-refractivity contribution is -0.384. The van der Waals surface area contributed by atoms with Gasteiger partial charge in [0.1, 0.15) is 18.1 Å². The van der Waals surface area contributed by atoms with Crippen molar-refractivity contribution in [2.45, 2.75) is 6.61 Å². The van der Waals surface area contributed by atoms with Crippen LogP contribution in [0.1, 0.15) is 11.1 Å². The van der Waals surface area contributed by atoms with Crippen molar-refractivity contribution < 1.29 is 14.4 Å². The lowest BCUT2D eigenvalue weighted by atomic mass is 10.2. The van der Waals surface area contributed by atoms with Gasteiger partial charge in [-0.05, 0) is 81.7 Å². The molecule has 0 N–H and O–H groups in total. The summed E-state index contributed by atoms with van der Waals surface area (Å²) in [4.78, 5) is 14.7. The number of methoxy groups -OCH3 is 1. The molecule has 0 bridgehead atoms. The van der Waals surface area contributed by atoms with Crippen LogP contribution in [0.15, 0.2) is 76.2 Å². The molecule has 0 spiro atoms. The molecule has 0 atom stereocenters. The molecule has 6 nitrogen and oxygen atoms in total. The van der Waals surface area contributed by atoms with Gasteiger partial charge in [0.25, 0.3) is 5.69 Å². The summed E-state index contributed by atoms with van der Waals surface area (Å²) in [6.45, 7) is 0.315. The average Bonchev–Trinajstić information content (AvgIpc) is 2.72. The van der Waals surface area contributed by atoms with E-state index in [9.17, 15) is 10.1 Å². The topological polar surface area (TPSA) is 74.0 Å². The van der Waals surface area contributed by atoms with Crippen LogP contribution in [-0.2, 0) is 6.61 Å². The second-order valence-corrected chi connectivity index (χ2v) is 6.71. The van der Waals surface area contributed by atoms with E-state index in [1.165, 1.54) is 12.1 Å². The summed E-state index contributed by atoms with van der Waals surface area (Å²) in [5, 5.41) is 10.7. The van der Waals surface area contributed by atoms with Gasteiger partial charge in [0.05, 0.1) is 22.2 Å². The molecule has 0 fully saturated rings. The van der Waals surface area contributed by atoms with Crippen molar-refractivity contribution in [2.24, 2.45) is 4.99 Å². The first-order valence-corrected chi connectivity index (χ1v) is 9.18. The Morgan fingerprint density at radius 2 is 1.79 bits per heavy atom. The maximum Gasteiger partial charge on any atom is 0.269 e. The van der Waals surface area contributed by atoms with Crippen LogP contribution in [0.25, 0.3) is 0 Å². The van der Waals surface area contributed by atoms with E-state index in [1.807, 2.05) is 42.5 Å². The molecule has 142 valence electrons.